The normalized spacial score (nSPS) is 16.0. The molecule has 1 aliphatic carbocycles. The zero-order valence-electron chi connectivity index (χ0n) is 14.8. The van der Waals surface area contributed by atoms with Gasteiger partial charge in [0, 0.05) is 25.7 Å². The summed E-state index contributed by atoms with van der Waals surface area (Å²) in [6.07, 6.45) is 2.01. The van der Waals surface area contributed by atoms with Crippen molar-refractivity contribution in [1.29, 1.82) is 0 Å². The SMILES string of the molecule is CC(CNCCN(C(=O)OC(C)(C)C)C1CC1)c1ccccc1. The lowest BCUT2D eigenvalue weighted by Crippen LogP contribution is -2.42. The van der Waals surface area contributed by atoms with Crippen molar-refractivity contribution in [2.24, 2.45) is 0 Å². The third-order valence-electron chi connectivity index (χ3n) is 3.96. The van der Waals surface area contributed by atoms with E-state index in [0.717, 1.165) is 25.9 Å². The monoisotopic (exact) mass is 318 g/mol. The van der Waals surface area contributed by atoms with E-state index >= 15 is 0 Å². The zero-order chi connectivity index (χ0) is 16.9. The number of nitrogens with zero attached hydrogens (tertiary/aromatic N) is 1. The van der Waals surface area contributed by atoms with Gasteiger partial charge in [0.15, 0.2) is 0 Å². The lowest BCUT2D eigenvalue weighted by molar-refractivity contribution is 0.0236. The fraction of sp³-hybridized carbons (Fsp3) is 0.632. The van der Waals surface area contributed by atoms with E-state index in [1.807, 2.05) is 31.7 Å². The minimum Gasteiger partial charge on any atom is -0.444 e. The number of ether oxygens (including phenoxy) is 1. The van der Waals surface area contributed by atoms with Crippen LogP contribution in [0, 0.1) is 0 Å². The van der Waals surface area contributed by atoms with Crippen LogP contribution >= 0.6 is 0 Å². The second kappa shape index (κ2) is 7.82. The maximum Gasteiger partial charge on any atom is 0.410 e. The first-order chi connectivity index (χ1) is 10.9. The van der Waals surface area contributed by atoms with Gasteiger partial charge in [-0.25, -0.2) is 4.79 Å². The lowest BCUT2D eigenvalue weighted by Gasteiger charge is -2.27. The fourth-order valence-electron chi connectivity index (χ4n) is 2.55. The van der Waals surface area contributed by atoms with Gasteiger partial charge >= 0.3 is 6.09 Å². The molecule has 0 heterocycles. The number of hydrogen-bond acceptors (Lipinski definition) is 3. The van der Waals surface area contributed by atoms with Gasteiger partial charge in [-0.05, 0) is 45.1 Å². The van der Waals surface area contributed by atoms with Crippen molar-refractivity contribution in [3.05, 3.63) is 35.9 Å². The van der Waals surface area contributed by atoms with Crippen molar-refractivity contribution in [1.82, 2.24) is 10.2 Å². The maximum absolute atomic E-state index is 12.3. The van der Waals surface area contributed by atoms with Gasteiger partial charge < -0.3 is 15.0 Å². The molecule has 0 spiro atoms. The van der Waals surface area contributed by atoms with E-state index in [4.69, 9.17) is 4.74 Å². The molecule has 4 nitrogen and oxygen atoms in total. The van der Waals surface area contributed by atoms with Crippen molar-refractivity contribution < 1.29 is 9.53 Å². The highest BCUT2D eigenvalue weighted by Gasteiger charge is 2.34. The van der Waals surface area contributed by atoms with Gasteiger partial charge in [-0.1, -0.05) is 37.3 Å². The Morgan fingerprint density at radius 2 is 1.96 bits per heavy atom. The molecule has 1 aliphatic rings. The van der Waals surface area contributed by atoms with Gasteiger partial charge in [-0.3, -0.25) is 0 Å². The van der Waals surface area contributed by atoms with Crippen LogP contribution in [0.4, 0.5) is 4.79 Å². The second-order valence-corrected chi connectivity index (χ2v) is 7.42. The molecular weight excluding hydrogens is 288 g/mol. The Labute approximate surface area is 140 Å². The summed E-state index contributed by atoms with van der Waals surface area (Å²) >= 11 is 0. The standard InChI is InChI=1S/C19H30N2O2/c1-15(16-8-6-5-7-9-16)14-20-12-13-21(17-10-11-17)18(22)23-19(2,3)4/h5-9,15,17,20H,10-14H2,1-4H3. The van der Waals surface area contributed by atoms with Gasteiger partial charge in [0.2, 0.25) is 0 Å². The largest absolute Gasteiger partial charge is 0.444 e. The highest BCUT2D eigenvalue weighted by atomic mass is 16.6. The van der Waals surface area contributed by atoms with Crippen LogP contribution in [-0.4, -0.2) is 42.3 Å². The Morgan fingerprint density at radius 1 is 1.30 bits per heavy atom. The van der Waals surface area contributed by atoms with Gasteiger partial charge in [0.1, 0.15) is 5.60 Å². The Bertz CT molecular complexity index is 492. The highest BCUT2D eigenvalue weighted by molar-refractivity contribution is 5.69. The molecule has 1 atom stereocenters. The average Bonchev–Trinajstić information content (AvgIpc) is 3.30. The van der Waals surface area contributed by atoms with Crippen LogP contribution in [0.1, 0.15) is 52.0 Å². The Hall–Kier alpha value is -1.55. The molecular formula is C19H30N2O2. The van der Waals surface area contributed by atoms with Crippen molar-refractivity contribution >= 4 is 6.09 Å². The van der Waals surface area contributed by atoms with Crippen LogP contribution in [0.3, 0.4) is 0 Å². The van der Waals surface area contributed by atoms with E-state index in [2.05, 4.69) is 36.5 Å². The number of benzene rings is 1. The molecule has 0 bridgehead atoms. The molecule has 0 aliphatic heterocycles. The molecule has 0 aromatic heterocycles. The first-order valence-corrected chi connectivity index (χ1v) is 8.62. The Kier molecular flexibility index (Phi) is 6.05. The van der Waals surface area contributed by atoms with Gasteiger partial charge in [0.05, 0.1) is 0 Å². The molecule has 1 aromatic carbocycles. The quantitative estimate of drug-likeness (QED) is 0.778. The Morgan fingerprint density at radius 3 is 2.52 bits per heavy atom. The van der Waals surface area contributed by atoms with Crippen molar-refractivity contribution in [3.8, 4) is 0 Å². The molecule has 0 radical (unpaired) electrons. The van der Waals surface area contributed by atoms with E-state index in [-0.39, 0.29) is 6.09 Å². The summed E-state index contributed by atoms with van der Waals surface area (Å²) in [5, 5.41) is 3.47. The van der Waals surface area contributed by atoms with E-state index in [9.17, 15) is 4.79 Å². The molecule has 1 saturated carbocycles. The van der Waals surface area contributed by atoms with E-state index < -0.39 is 5.60 Å². The molecule has 1 fully saturated rings. The number of hydrogen-bond donors (Lipinski definition) is 1. The van der Waals surface area contributed by atoms with Crippen LogP contribution < -0.4 is 5.32 Å². The third-order valence-corrected chi connectivity index (χ3v) is 3.96. The molecule has 1 amide bonds. The lowest BCUT2D eigenvalue weighted by atomic mass is 10.0. The molecule has 2 rings (SSSR count). The summed E-state index contributed by atoms with van der Waals surface area (Å²) in [5.41, 5.74) is 0.908. The smallest absolute Gasteiger partial charge is 0.410 e. The number of carbonyl (C=O) groups excluding carboxylic acids is 1. The molecule has 23 heavy (non-hydrogen) atoms. The van der Waals surface area contributed by atoms with Crippen molar-refractivity contribution in [3.63, 3.8) is 0 Å². The van der Waals surface area contributed by atoms with Crippen molar-refractivity contribution in [2.75, 3.05) is 19.6 Å². The zero-order valence-corrected chi connectivity index (χ0v) is 14.8. The van der Waals surface area contributed by atoms with E-state index in [1.54, 1.807) is 0 Å². The number of amides is 1. The molecule has 1 aromatic rings. The van der Waals surface area contributed by atoms with Crippen LogP contribution in [0.15, 0.2) is 30.3 Å². The van der Waals surface area contributed by atoms with Crippen LogP contribution in [0.25, 0.3) is 0 Å². The molecule has 128 valence electrons. The summed E-state index contributed by atoms with van der Waals surface area (Å²) in [4.78, 5) is 14.1. The second-order valence-electron chi connectivity index (χ2n) is 7.42. The fourth-order valence-corrected chi connectivity index (χ4v) is 2.55. The van der Waals surface area contributed by atoms with Crippen LogP contribution in [0.5, 0.6) is 0 Å². The summed E-state index contributed by atoms with van der Waals surface area (Å²) in [6.45, 7) is 10.4. The molecule has 1 unspecified atom stereocenters. The topological polar surface area (TPSA) is 41.6 Å². The summed E-state index contributed by atoms with van der Waals surface area (Å²) < 4.78 is 5.51. The van der Waals surface area contributed by atoms with Crippen LogP contribution in [-0.2, 0) is 4.74 Å². The number of rotatable bonds is 7. The first kappa shape index (κ1) is 17.8. The predicted octanol–water partition coefficient (Wildman–Crippen LogP) is 3.78. The minimum absolute atomic E-state index is 0.182. The molecule has 0 saturated heterocycles. The summed E-state index contributed by atoms with van der Waals surface area (Å²) in [5.74, 6) is 0.465. The predicted molar refractivity (Wildman–Crippen MR) is 93.7 cm³/mol. The van der Waals surface area contributed by atoms with E-state index in [1.165, 1.54) is 5.56 Å². The van der Waals surface area contributed by atoms with E-state index in [0.29, 0.717) is 18.5 Å². The van der Waals surface area contributed by atoms with Crippen LogP contribution in [0.2, 0.25) is 0 Å². The van der Waals surface area contributed by atoms with Gasteiger partial charge in [-0.15, -0.1) is 0 Å². The number of carbonyl (C=O) groups is 1. The summed E-state index contributed by atoms with van der Waals surface area (Å²) in [7, 11) is 0. The third kappa shape index (κ3) is 6.22. The number of nitrogens with one attached hydrogen (secondary N) is 1. The van der Waals surface area contributed by atoms with Gasteiger partial charge in [0.25, 0.3) is 0 Å². The first-order valence-electron chi connectivity index (χ1n) is 8.62. The molecule has 4 heteroatoms. The molecule has 1 N–H and O–H groups in total. The summed E-state index contributed by atoms with van der Waals surface area (Å²) in [6, 6.07) is 10.9. The minimum atomic E-state index is -0.431. The maximum atomic E-state index is 12.3. The van der Waals surface area contributed by atoms with Gasteiger partial charge in [-0.2, -0.15) is 0 Å². The van der Waals surface area contributed by atoms with Crippen molar-refractivity contribution in [2.45, 2.75) is 58.1 Å². The highest BCUT2D eigenvalue weighted by Crippen LogP contribution is 2.28. The average molecular weight is 318 g/mol. The Balaban J connectivity index is 1.73.